The third kappa shape index (κ3) is 3.37. The van der Waals surface area contributed by atoms with Crippen molar-refractivity contribution in [2.75, 3.05) is 5.75 Å². The van der Waals surface area contributed by atoms with Gasteiger partial charge in [-0.2, -0.15) is 13.2 Å². The summed E-state index contributed by atoms with van der Waals surface area (Å²) in [4.78, 5) is 4.55. The molecule has 0 saturated carbocycles. The fourth-order valence-electron chi connectivity index (χ4n) is 3.92. The number of nitrogens with two attached hydrogens (primary N) is 1. The van der Waals surface area contributed by atoms with Gasteiger partial charge in [-0.1, -0.05) is 12.0 Å². The van der Waals surface area contributed by atoms with Gasteiger partial charge < -0.3 is 5.73 Å². The van der Waals surface area contributed by atoms with E-state index in [1.54, 1.807) is 25.1 Å². The lowest BCUT2D eigenvalue weighted by molar-refractivity contribution is -0.137. The molecule has 0 amide bonds. The number of thiophene rings is 1. The number of halogens is 3. The van der Waals surface area contributed by atoms with Crippen LogP contribution in [-0.4, -0.2) is 24.8 Å². The minimum Gasteiger partial charge on any atom is -0.386 e. The summed E-state index contributed by atoms with van der Waals surface area (Å²) in [5.74, 6) is 4.93. The second kappa shape index (κ2) is 6.96. The van der Waals surface area contributed by atoms with E-state index in [-0.39, 0.29) is 17.2 Å². The number of sulfone groups is 1. The van der Waals surface area contributed by atoms with Crippen LogP contribution < -0.4 is 5.73 Å². The van der Waals surface area contributed by atoms with Crippen LogP contribution in [0.2, 0.25) is 0 Å². The minimum absolute atomic E-state index is 0.0387. The molecule has 0 aliphatic carbocycles. The van der Waals surface area contributed by atoms with Gasteiger partial charge in [0.2, 0.25) is 0 Å². The standard InChI is InChI=1S/C23H21F3N2O2S2/c1-5-6-13-9-15-16-10-14(22(4)12-32(29,30)21(2,3)20(27)28-22)7-8-18(16)31-19(15)11-17(13)23(24,25)26/h7-11H,12H2,1-4H3,(H2,27,28)/t22-/m0/s1. The van der Waals surface area contributed by atoms with Crippen molar-refractivity contribution < 1.29 is 21.6 Å². The van der Waals surface area contributed by atoms with E-state index in [0.29, 0.717) is 15.6 Å². The third-order valence-electron chi connectivity index (χ3n) is 6.03. The van der Waals surface area contributed by atoms with Crippen molar-refractivity contribution >= 4 is 47.2 Å². The van der Waals surface area contributed by atoms with Gasteiger partial charge in [0.15, 0.2) is 9.84 Å². The van der Waals surface area contributed by atoms with Crippen molar-refractivity contribution in [3.63, 3.8) is 0 Å². The van der Waals surface area contributed by atoms with E-state index >= 15 is 0 Å². The number of fused-ring (bicyclic) bond motifs is 3. The molecule has 0 fully saturated rings. The van der Waals surface area contributed by atoms with Gasteiger partial charge in [0.25, 0.3) is 0 Å². The normalized spacial score (nSPS) is 22.4. The molecule has 2 heterocycles. The second-order valence-electron chi connectivity index (χ2n) is 8.62. The number of nitrogens with zero attached hydrogens (tertiary/aromatic N) is 1. The first-order chi connectivity index (χ1) is 14.7. The summed E-state index contributed by atoms with van der Waals surface area (Å²) in [5, 5.41) is 1.37. The van der Waals surface area contributed by atoms with Crippen molar-refractivity contribution in [2.45, 2.75) is 44.2 Å². The lowest BCUT2D eigenvalue weighted by Crippen LogP contribution is -2.54. The Kier molecular flexibility index (Phi) is 4.92. The molecule has 1 atom stereocenters. The van der Waals surface area contributed by atoms with Crippen LogP contribution in [-0.2, 0) is 21.6 Å². The lowest BCUT2D eigenvalue weighted by atomic mass is 9.92. The van der Waals surface area contributed by atoms with Gasteiger partial charge in [0.1, 0.15) is 10.6 Å². The summed E-state index contributed by atoms with van der Waals surface area (Å²) in [7, 11) is -3.58. The molecule has 0 spiro atoms. The molecule has 0 radical (unpaired) electrons. The van der Waals surface area contributed by atoms with Crippen LogP contribution in [0.25, 0.3) is 20.2 Å². The Morgan fingerprint density at radius 3 is 2.34 bits per heavy atom. The fourth-order valence-corrected chi connectivity index (χ4v) is 6.72. The third-order valence-corrected chi connectivity index (χ3v) is 9.87. The first-order valence-corrected chi connectivity index (χ1v) is 12.3. The van der Waals surface area contributed by atoms with Crippen LogP contribution in [0.15, 0.2) is 35.3 Å². The molecule has 4 nitrogen and oxygen atoms in total. The number of hydrogen-bond acceptors (Lipinski definition) is 5. The molecular formula is C23H21F3N2O2S2. The van der Waals surface area contributed by atoms with Crippen LogP contribution >= 0.6 is 11.3 Å². The number of alkyl halides is 3. The number of rotatable bonds is 1. The zero-order valence-corrected chi connectivity index (χ0v) is 19.5. The Morgan fingerprint density at radius 2 is 1.75 bits per heavy atom. The summed E-state index contributed by atoms with van der Waals surface area (Å²) < 4.78 is 66.4. The largest absolute Gasteiger partial charge is 0.417 e. The van der Waals surface area contributed by atoms with Gasteiger partial charge in [0, 0.05) is 25.7 Å². The van der Waals surface area contributed by atoms with Gasteiger partial charge in [0.05, 0.1) is 16.9 Å². The number of hydrogen-bond donors (Lipinski definition) is 1. The monoisotopic (exact) mass is 478 g/mol. The lowest BCUT2D eigenvalue weighted by Gasteiger charge is -2.37. The van der Waals surface area contributed by atoms with E-state index in [0.717, 1.165) is 16.2 Å². The Morgan fingerprint density at radius 1 is 1.09 bits per heavy atom. The summed E-state index contributed by atoms with van der Waals surface area (Å²) in [6.45, 7) is 6.26. The second-order valence-corrected chi connectivity index (χ2v) is 12.2. The molecule has 9 heteroatoms. The molecule has 0 unspecified atom stereocenters. The van der Waals surface area contributed by atoms with E-state index in [2.05, 4.69) is 16.8 Å². The van der Waals surface area contributed by atoms with Gasteiger partial charge in [-0.15, -0.1) is 17.3 Å². The molecule has 4 rings (SSSR count). The average Bonchev–Trinajstić information content (AvgIpc) is 3.02. The van der Waals surface area contributed by atoms with Crippen molar-refractivity contribution in [2.24, 2.45) is 10.7 Å². The zero-order chi connectivity index (χ0) is 23.7. The molecule has 1 aliphatic rings. The van der Waals surface area contributed by atoms with Crippen LogP contribution in [0.3, 0.4) is 0 Å². The fraction of sp³-hybridized carbons (Fsp3) is 0.348. The molecule has 3 aromatic rings. The molecule has 1 aliphatic heterocycles. The minimum atomic E-state index is -4.52. The molecule has 2 N–H and O–H groups in total. The van der Waals surface area contributed by atoms with E-state index < -0.39 is 31.9 Å². The van der Waals surface area contributed by atoms with Crippen LogP contribution in [0.4, 0.5) is 13.2 Å². The smallest absolute Gasteiger partial charge is 0.386 e. The summed E-state index contributed by atoms with van der Waals surface area (Å²) in [5.41, 5.74) is 4.72. The van der Waals surface area contributed by atoms with E-state index in [1.807, 2.05) is 0 Å². The molecule has 2 aromatic carbocycles. The van der Waals surface area contributed by atoms with Gasteiger partial charge in [-0.05, 0) is 57.5 Å². The zero-order valence-electron chi connectivity index (χ0n) is 17.9. The maximum atomic E-state index is 13.5. The quantitative estimate of drug-likeness (QED) is 0.487. The number of aliphatic imine (C=N–C) groups is 1. The maximum absolute atomic E-state index is 13.5. The Hall–Kier alpha value is -2.57. The highest BCUT2D eigenvalue weighted by atomic mass is 32.2. The Balaban J connectivity index is 1.97. The molecule has 168 valence electrons. The van der Waals surface area contributed by atoms with Crippen molar-refractivity contribution in [3.05, 3.63) is 47.0 Å². The SMILES string of the molecule is CC#Cc1cc2c(cc1C(F)(F)F)sc1ccc([C@]3(C)CS(=O)(=O)C(C)(C)C(N)=N3)cc12. The highest BCUT2D eigenvalue weighted by Gasteiger charge is 2.48. The van der Waals surface area contributed by atoms with Gasteiger partial charge >= 0.3 is 6.18 Å². The van der Waals surface area contributed by atoms with E-state index in [9.17, 15) is 21.6 Å². The first kappa shape index (κ1) is 22.6. The topological polar surface area (TPSA) is 72.5 Å². The maximum Gasteiger partial charge on any atom is 0.417 e. The van der Waals surface area contributed by atoms with Crippen molar-refractivity contribution in [3.8, 4) is 11.8 Å². The molecule has 32 heavy (non-hydrogen) atoms. The van der Waals surface area contributed by atoms with Crippen LogP contribution in [0.5, 0.6) is 0 Å². The Labute approximate surface area is 188 Å². The highest BCUT2D eigenvalue weighted by molar-refractivity contribution is 7.93. The van der Waals surface area contributed by atoms with E-state index in [4.69, 9.17) is 5.73 Å². The Bertz CT molecular complexity index is 1470. The van der Waals surface area contributed by atoms with Crippen molar-refractivity contribution in [1.82, 2.24) is 0 Å². The molecular weight excluding hydrogens is 457 g/mol. The first-order valence-electron chi connectivity index (χ1n) is 9.78. The average molecular weight is 479 g/mol. The molecule has 0 saturated heterocycles. The predicted molar refractivity (Wildman–Crippen MR) is 124 cm³/mol. The summed E-state index contributed by atoms with van der Waals surface area (Å²) in [6, 6.07) is 7.94. The molecule has 0 bridgehead atoms. The highest BCUT2D eigenvalue weighted by Crippen LogP contribution is 2.43. The summed E-state index contributed by atoms with van der Waals surface area (Å²) in [6.07, 6.45) is -4.52. The summed E-state index contributed by atoms with van der Waals surface area (Å²) >= 11 is 1.25. The predicted octanol–water partition coefficient (Wildman–Crippen LogP) is 5.22. The van der Waals surface area contributed by atoms with Crippen LogP contribution in [0.1, 0.15) is 44.4 Å². The van der Waals surface area contributed by atoms with E-state index in [1.165, 1.54) is 38.2 Å². The number of benzene rings is 2. The van der Waals surface area contributed by atoms with Crippen molar-refractivity contribution in [1.29, 1.82) is 0 Å². The van der Waals surface area contributed by atoms with Gasteiger partial charge in [-0.25, -0.2) is 8.42 Å². The molecule has 1 aromatic heterocycles. The number of amidine groups is 1. The van der Waals surface area contributed by atoms with Crippen LogP contribution in [0, 0.1) is 11.8 Å². The van der Waals surface area contributed by atoms with Gasteiger partial charge in [-0.3, -0.25) is 4.99 Å².